The van der Waals surface area contributed by atoms with Gasteiger partial charge in [0.2, 0.25) is 11.7 Å². The number of rotatable bonds is 7. The lowest BCUT2D eigenvalue weighted by molar-refractivity contribution is -0.118. The molecule has 1 aliphatic carbocycles. The van der Waals surface area contributed by atoms with Crippen molar-refractivity contribution in [1.82, 2.24) is 0 Å². The molecule has 0 radical (unpaired) electrons. The predicted molar refractivity (Wildman–Crippen MR) is 135 cm³/mol. The average Bonchev–Trinajstić information content (AvgIpc) is 3.16. The maximum atomic E-state index is 13.3. The summed E-state index contributed by atoms with van der Waals surface area (Å²) in [7, 11) is 0. The van der Waals surface area contributed by atoms with Gasteiger partial charge in [-0.05, 0) is 68.5 Å². The van der Waals surface area contributed by atoms with E-state index in [0.29, 0.717) is 27.9 Å². The monoisotopic (exact) mass is 474 g/mol. The molecule has 3 aromatic rings. The molecule has 1 fully saturated rings. The highest BCUT2D eigenvalue weighted by atomic mass is 16.5. The Kier molecular flexibility index (Phi) is 6.52. The molecule has 2 atom stereocenters. The van der Waals surface area contributed by atoms with Crippen molar-refractivity contribution >= 4 is 40.1 Å². The second-order valence-electron chi connectivity index (χ2n) is 9.61. The SMILES string of the molecule is CCOC(=O)c1ccc(NC(=O)c2oc3ccccc3c2NC(=O)[C@H]2[C@@H](C=C(C)C)C2(C)C)cc1. The van der Waals surface area contributed by atoms with Crippen molar-refractivity contribution in [2.75, 3.05) is 17.2 Å². The smallest absolute Gasteiger partial charge is 0.338 e. The van der Waals surface area contributed by atoms with Gasteiger partial charge in [0.1, 0.15) is 11.3 Å². The number of carbonyl (C=O) groups is 3. The molecule has 4 rings (SSSR count). The van der Waals surface area contributed by atoms with E-state index in [9.17, 15) is 14.4 Å². The van der Waals surface area contributed by atoms with Gasteiger partial charge in [0.15, 0.2) is 0 Å². The van der Waals surface area contributed by atoms with Crippen LogP contribution in [0.3, 0.4) is 0 Å². The molecule has 0 unspecified atom stereocenters. The molecule has 35 heavy (non-hydrogen) atoms. The van der Waals surface area contributed by atoms with Gasteiger partial charge in [0.25, 0.3) is 5.91 Å². The first kappa shape index (κ1) is 24.3. The lowest BCUT2D eigenvalue weighted by Gasteiger charge is -2.09. The van der Waals surface area contributed by atoms with Crippen molar-refractivity contribution in [2.24, 2.45) is 17.3 Å². The van der Waals surface area contributed by atoms with Gasteiger partial charge in [0.05, 0.1) is 18.1 Å². The molecule has 0 bridgehead atoms. The van der Waals surface area contributed by atoms with Gasteiger partial charge in [-0.3, -0.25) is 9.59 Å². The Morgan fingerprint density at radius 1 is 1.03 bits per heavy atom. The summed E-state index contributed by atoms with van der Waals surface area (Å²) in [6.07, 6.45) is 2.13. The molecule has 0 saturated heterocycles. The van der Waals surface area contributed by atoms with Crippen molar-refractivity contribution in [3.8, 4) is 0 Å². The van der Waals surface area contributed by atoms with Crippen LogP contribution in [0.25, 0.3) is 11.0 Å². The van der Waals surface area contributed by atoms with Crippen LogP contribution in [-0.2, 0) is 9.53 Å². The van der Waals surface area contributed by atoms with Crippen LogP contribution in [0, 0.1) is 17.3 Å². The van der Waals surface area contributed by atoms with E-state index in [-0.39, 0.29) is 35.5 Å². The van der Waals surface area contributed by atoms with Crippen molar-refractivity contribution in [3.63, 3.8) is 0 Å². The minimum absolute atomic E-state index is 0.0197. The van der Waals surface area contributed by atoms with Crippen LogP contribution < -0.4 is 10.6 Å². The van der Waals surface area contributed by atoms with Crippen LogP contribution in [0.5, 0.6) is 0 Å². The van der Waals surface area contributed by atoms with Gasteiger partial charge in [0, 0.05) is 11.1 Å². The average molecular weight is 475 g/mol. The molecule has 1 heterocycles. The molecule has 7 nitrogen and oxygen atoms in total. The number of fused-ring (bicyclic) bond motifs is 1. The molecule has 182 valence electrons. The highest BCUT2D eigenvalue weighted by molar-refractivity contribution is 6.15. The highest BCUT2D eigenvalue weighted by Crippen LogP contribution is 2.59. The first-order chi connectivity index (χ1) is 16.6. The first-order valence-corrected chi connectivity index (χ1v) is 11.7. The van der Waals surface area contributed by atoms with Crippen LogP contribution in [0.15, 0.2) is 64.6 Å². The summed E-state index contributed by atoms with van der Waals surface area (Å²) in [5.74, 6) is -1.11. The van der Waals surface area contributed by atoms with Gasteiger partial charge in [-0.15, -0.1) is 0 Å². The van der Waals surface area contributed by atoms with Crippen LogP contribution in [-0.4, -0.2) is 24.4 Å². The Balaban J connectivity index is 1.58. The molecule has 7 heteroatoms. The van der Waals surface area contributed by atoms with Crippen molar-refractivity contribution in [2.45, 2.75) is 34.6 Å². The number of hydrogen-bond donors (Lipinski definition) is 2. The number of carbonyl (C=O) groups excluding carboxylic acids is 3. The Morgan fingerprint density at radius 2 is 1.71 bits per heavy atom. The Labute approximate surface area is 204 Å². The van der Waals surface area contributed by atoms with Crippen molar-refractivity contribution < 1.29 is 23.5 Å². The lowest BCUT2D eigenvalue weighted by Crippen LogP contribution is -2.20. The second-order valence-corrected chi connectivity index (χ2v) is 9.61. The Hall–Kier alpha value is -3.87. The molecule has 2 amide bonds. The lowest BCUT2D eigenvalue weighted by atomic mass is 10.1. The zero-order valence-corrected chi connectivity index (χ0v) is 20.6. The number of allylic oxidation sites excluding steroid dienone is 2. The molecule has 1 saturated carbocycles. The van der Waals surface area contributed by atoms with E-state index in [0.717, 1.165) is 0 Å². The van der Waals surface area contributed by atoms with E-state index in [1.54, 1.807) is 37.3 Å². The summed E-state index contributed by atoms with van der Waals surface area (Å²) in [6, 6.07) is 13.6. The molecule has 0 aliphatic heterocycles. The minimum atomic E-state index is -0.503. The zero-order valence-electron chi connectivity index (χ0n) is 20.6. The summed E-state index contributed by atoms with van der Waals surface area (Å²) in [6.45, 7) is 10.2. The number of esters is 1. The maximum absolute atomic E-state index is 13.3. The molecular weight excluding hydrogens is 444 g/mol. The third-order valence-corrected chi connectivity index (χ3v) is 6.41. The number of para-hydroxylation sites is 1. The molecular formula is C28H30N2O5. The van der Waals surface area contributed by atoms with Gasteiger partial charge in [-0.2, -0.15) is 0 Å². The largest absolute Gasteiger partial charge is 0.462 e. The van der Waals surface area contributed by atoms with E-state index in [1.807, 2.05) is 32.0 Å². The van der Waals surface area contributed by atoms with E-state index < -0.39 is 11.9 Å². The van der Waals surface area contributed by atoms with E-state index in [4.69, 9.17) is 9.15 Å². The maximum Gasteiger partial charge on any atom is 0.338 e. The normalized spacial score (nSPS) is 18.0. The summed E-state index contributed by atoms with van der Waals surface area (Å²) >= 11 is 0. The first-order valence-electron chi connectivity index (χ1n) is 11.7. The highest BCUT2D eigenvalue weighted by Gasteiger charge is 2.60. The quantitative estimate of drug-likeness (QED) is 0.321. The number of amides is 2. The van der Waals surface area contributed by atoms with E-state index in [2.05, 4.69) is 30.6 Å². The van der Waals surface area contributed by atoms with E-state index in [1.165, 1.54) is 5.57 Å². The Morgan fingerprint density at radius 3 is 2.37 bits per heavy atom. The van der Waals surface area contributed by atoms with Gasteiger partial charge >= 0.3 is 5.97 Å². The van der Waals surface area contributed by atoms with Gasteiger partial charge < -0.3 is 19.8 Å². The van der Waals surface area contributed by atoms with Crippen molar-refractivity contribution in [1.29, 1.82) is 0 Å². The zero-order chi connectivity index (χ0) is 25.3. The standard InChI is InChI=1S/C28H30N2O5/c1-6-34-27(33)17-11-13-18(14-12-17)29-26(32)24-23(19-9-7-8-10-21(19)35-24)30-25(31)22-20(15-16(2)3)28(22,4)5/h7-15,20,22H,6H2,1-5H3,(H,29,32)(H,30,31)/t20-,22-/m1/s1. The van der Waals surface area contributed by atoms with Gasteiger partial charge in [-0.25, -0.2) is 4.79 Å². The van der Waals surface area contributed by atoms with E-state index >= 15 is 0 Å². The van der Waals surface area contributed by atoms with Crippen LogP contribution in [0.4, 0.5) is 11.4 Å². The molecule has 0 spiro atoms. The fourth-order valence-electron chi connectivity index (χ4n) is 4.47. The number of nitrogens with one attached hydrogen (secondary N) is 2. The summed E-state index contributed by atoms with van der Waals surface area (Å²) < 4.78 is 10.8. The fraction of sp³-hybridized carbons (Fsp3) is 0.321. The van der Waals surface area contributed by atoms with Crippen LogP contribution in [0.1, 0.15) is 55.5 Å². The summed E-state index contributed by atoms with van der Waals surface area (Å²) in [4.78, 5) is 38.3. The van der Waals surface area contributed by atoms with Gasteiger partial charge in [-0.1, -0.05) is 37.6 Å². The number of anilines is 2. The fourth-order valence-corrected chi connectivity index (χ4v) is 4.47. The third kappa shape index (κ3) is 4.85. The number of benzene rings is 2. The molecule has 2 N–H and O–H groups in total. The molecule has 2 aromatic carbocycles. The topological polar surface area (TPSA) is 97.6 Å². The molecule has 1 aliphatic rings. The number of hydrogen-bond acceptors (Lipinski definition) is 5. The minimum Gasteiger partial charge on any atom is -0.462 e. The summed E-state index contributed by atoms with van der Waals surface area (Å²) in [5, 5.41) is 6.41. The number of ether oxygens (including phenoxy) is 1. The summed E-state index contributed by atoms with van der Waals surface area (Å²) in [5.41, 5.74) is 2.73. The second kappa shape index (κ2) is 9.41. The van der Waals surface area contributed by atoms with Crippen LogP contribution >= 0.6 is 0 Å². The molecule has 1 aromatic heterocycles. The van der Waals surface area contributed by atoms with Crippen LogP contribution in [0.2, 0.25) is 0 Å². The third-order valence-electron chi connectivity index (χ3n) is 6.41. The number of furan rings is 1. The van der Waals surface area contributed by atoms with Crippen molar-refractivity contribution in [3.05, 3.63) is 71.5 Å². The Bertz CT molecular complexity index is 1310. The predicted octanol–water partition coefficient (Wildman–Crippen LogP) is 6.04.